The normalized spacial score (nSPS) is 18.6. The van der Waals surface area contributed by atoms with E-state index in [-0.39, 0.29) is 11.9 Å². The van der Waals surface area contributed by atoms with Crippen LogP contribution in [0.3, 0.4) is 0 Å². The van der Waals surface area contributed by atoms with Crippen LogP contribution in [-0.4, -0.2) is 29.7 Å². The molecule has 1 fully saturated rings. The molecule has 0 aliphatic carbocycles. The number of aromatic nitrogens is 2. The first-order valence-corrected chi connectivity index (χ1v) is 7.01. The highest BCUT2D eigenvalue weighted by Crippen LogP contribution is 2.27. The van der Waals surface area contributed by atoms with Crippen molar-refractivity contribution < 1.29 is 4.74 Å². The van der Waals surface area contributed by atoms with Gasteiger partial charge in [0, 0.05) is 17.1 Å². The van der Waals surface area contributed by atoms with Crippen molar-refractivity contribution >= 4 is 23.1 Å². The van der Waals surface area contributed by atoms with Gasteiger partial charge in [-0.3, -0.25) is 0 Å². The van der Waals surface area contributed by atoms with Gasteiger partial charge in [0.25, 0.3) is 0 Å². The Labute approximate surface area is 127 Å². The van der Waals surface area contributed by atoms with Crippen LogP contribution in [0.5, 0.6) is 0 Å². The van der Waals surface area contributed by atoms with Gasteiger partial charge in [0.15, 0.2) is 11.6 Å². The van der Waals surface area contributed by atoms with Gasteiger partial charge in [0.1, 0.15) is 0 Å². The van der Waals surface area contributed by atoms with Crippen LogP contribution in [0.15, 0.2) is 24.4 Å². The summed E-state index contributed by atoms with van der Waals surface area (Å²) in [6.45, 7) is 2.16. The molecule has 7 heteroatoms. The van der Waals surface area contributed by atoms with E-state index in [1.165, 1.54) is 6.20 Å². The van der Waals surface area contributed by atoms with E-state index in [2.05, 4.69) is 15.3 Å². The second kappa shape index (κ2) is 5.85. The number of hydrogen-bond acceptors (Lipinski definition) is 6. The van der Waals surface area contributed by atoms with Crippen LogP contribution in [0.1, 0.15) is 11.6 Å². The number of ether oxygens (including phenoxy) is 1. The molecule has 1 saturated heterocycles. The van der Waals surface area contributed by atoms with E-state index >= 15 is 0 Å². The minimum atomic E-state index is 0.113. The number of nitrogens with one attached hydrogen (secondary N) is 1. The molecule has 0 spiro atoms. The van der Waals surface area contributed by atoms with Crippen molar-refractivity contribution in [3.05, 3.63) is 35.0 Å². The van der Waals surface area contributed by atoms with Gasteiger partial charge in [-0.15, -0.1) is 0 Å². The standard InChI is InChI=1S/C14H16ClN5O/c15-10-4-8(12-7-21-2-1-18-12)3-9(5-10)14-19-6-11(16)13(17)20-14/h3-6,12,18H,1-2,7,16H2,(H2,17,19,20). The summed E-state index contributed by atoms with van der Waals surface area (Å²) in [6.07, 6.45) is 1.50. The molecule has 110 valence electrons. The highest BCUT2D eigenvalue weighted by molar-refractivity contribution is 6.30. The molecule has 6 nitrogen and oxygen atoms in total. The first kappa shape index (κ1) is 14.1. The first-order chi connectivity index (χ1) is 10.1. The molecule has 0 radical (unpaired) electrons. The van der Waals surface area contributed by atoms with Crippen LogP contribution in [0.25, 0.3) is 11.4 Å². The fourth-order valence-electron chi connectivity index (χ4n) is 2.27. The molecular weight excluding hydrogens is 290 g/mol. The Kier molecular flexibility index (Phi) is 3.92. The summed E-state index contributed by atoms with van der Waals surface area (Å²) in [5.74, 6) is 0.767. The number of morpholine rings is 1. The molecule has 2 heterocycles. The van der Waals surface area contributed by atoms with Crippen molar-refractivity contribution in [2.75, 3.05) is 31.2 Å². The molecule has 3 rings (SSSR count). The molecule has 0 saturated carbocycles. The number of rotatable bonds is 2. The van der Waals surface area contributed by atoms with E-state index in [9.17, 15) is 0 Å². The molecule has 0 amide bonds. The van der Waals surface area contributed by atoms with E-state index in [0.29, 0.717) is 23.1 Å². The van der Waals surface area contributed by atoms with Crippen LogP contribution < -0.4 is 16.8 Å². The van der Waals surface area contributed by atoms with E-state index in [1.807, 2.05) is 12.1 Å². The summed E-state index contributed by atoms with van der Waals surface area (Å²) in [5.41, 5.74) is 13.6. The van der Waals surface area contributed by atoms with Gasteiger partial charge in [0.2, 0.25) is 0 Å². The van der Waals surface area contributed by atoms with Crippen molar-refractivity contribution in [2.24, 2.45) is 0 Å². The minimum absolute atomic E-state index is 0.113. The summed E-state index contributed by atoms with van der Waals surface area (Å²) < 4.78 is 5.48. The Hall–Kier alpha value is -1.89. The quantitative estimate of drug-likeness (QED) is 0.780. The molecule has 1 aliphatic rings. The second-order valence-corrected chi connectivity index (χ2v) is 5.33. The Bertz CT molecular complexity index is 658. The van der Waals surface area contributed by atoms with Crippen LogP contribution in [0.4, 0.5) is 11.5 Å². The number of nitrogens with two attached hydrogens (primary N) is 2. The van der Waals surface area contributed by atoms with E-state index in [4.69, 9.17) is 27.8 Å². The van der Waals surface area contributed by atoms with Crippen LogP contribution in [0, 0.1) is 0 Å². The molecule has 1 aromatic carbocycles. The van der Waals surface area contributed by atoms with E-state index in [1.54, 1.807) is 6.07 Å². The number of nitrogens with zero attached hydrogens (tertiary/aromatic N) is 2. The molecule has 5 N–H and O–H groups in total. The number of benzene rings is 1. The van der Waals surface area contributed by atoms with Crippen molar-refractivity contribution in [1.82, 2.24) is 15.3 Å². The van der Waals surface area contributed by atoms with Gasteiger partial charge in [-0.2, -0.15) is 0 Å². The number of halogens is 1. The Morgan fingerprint density at radius 2 is 2.14 bits per heavy atom. The summed E-state index contributed by atoms with van der Waals surface area (Å²) in [6, 6.07) is 5.82. The average Bonchev–Trinajstić information content (AvgIpc) is 2.50. The van der Waals surface area contributed by atoms with Crippen LogP contribution in [0.2, 0.25) is 5.02 Å². The third kappa shape index (κ3) is 3.07. The molecule has 2 aromatic rings. The maximum atomic E-state index is 6.21. The summed E-state index contributed by atoms with van der Waals surface area (Å²) in [4.78, 5) is 8.41. The summed E-state index contributed by atoms with van der Waals surface area (Å²) in [7, 11) is 0. The van der Waals surface area contributed by atoms with Crippen LogP contribution in [-0.2, 0) is 4.74 Å². The topological polar surface area (TPSA) is 99.1 Å². The molecule has 1 aromatic heterocycles. The van der Waals surface area contributed by atoms with Gasteiger partial charge < -0.3 is 21.5 Å². The predicted octanol–water partition coefficient (Wildman–Crippen LogP) is 1.62. The largest absolute Gasteiger partial charge is 0.394 e. The maximum Gasteiger partial charge on any atom is 0.161 e. The zero-order chi connectivity index (χ0) is 14.8. The van der Waals surface area contributed by atoms with Crippen LogP contribution >= 0.6 is 11.6 Å². The lowest BCUT2D eigenvalue weighted by Crippen LogP contribution is -2.34. The SMILES string of the molecule is Nc1cnc(-c2cc(Cl)cc(C3COCCN3)c2)nc1N. The molecule has 0 bridgehead atoms. The lowest BCUT2D eigenvalue weighted by molar-refractivity contribution is 0.0769. The van der Waals surface area contributed by atoms with Crippen molar-refractivity contribution in [2.45, 2.75) is 6.04 Å². The third-order valence-corrected chi connectivity index (χ3v) is 3.57. The molecule has 21 heavy (non-hydrogen) atoms. The molecule has 1 unspecified atom stereocenters. The zero-order valence-corrected chi connectivity index (χ0v) is 12.1. The lowest BCUT2D eigenvalue weighted by atomic mass is 10.0. The zero-order valence-electron chi connectivity index (χ0n) is 11.3. The summed E-state index contributed by atoms with van der Waals surface area (Å²) in [5, 5.41) is 4.01. The number of nitrogen functional groups attached to an aromatic ring is 2. The lowest BCUT2D eigenvalue weighted by Gasteiger charge is -2.24. The van der Waals surface area contributed by atoms with Crippen molar-refractivity contribution in [3.8, 4) is 11.4 Å². The average molecular weight is 306 g/mol. The molecular formula is C14H16ClN5O. The maximum absolute atomic E-state index is 6.21. The predicted molar refractivity (Wildman–Crippen MR) is 82.9 cm³/mol. The van der Waals surface area contributed by atoms with Crippen molar-refractivity contribution in [3.63, 3.8) is 0 Å². The Morgan fingerprint density at radius 3 is 2.86 bits per heavy atom. The van der Waals surface area contributed by atoms with Gasteiger partial charge >= 0.3 is 0 Å². The Morgan fingerprint density at radius 1 is 1.29 bits per heavy atom. The fraction of sp³-hybridized carbons (Fsp3) is 0.286. The van der Waals surface area contributed by atoms with Gasteiger partial charge in [-0.05, 0) is 23.8 Å². The number of anilines is 2. The first-order valence-electron chi connectivity index (χ1n) is 6.63. The summed E-state index contributed by atoms with van der Waals surface area (Å²) >= 11 is 6.21. The van der Waals surface area contributed by atoms with Gasteiger partial charge in [-0.25, -0.2) is 9.97 Å². The molecule has 1 atom stereocenters. The second-order valence-electron chi connectivity index (χ2n) is 4.89. The van der Waals surface area contributed by atoms with E-state index < -0.39 is 0 Å². The van der Waals surface area contributed by atoms with E-state index in [0.717, 1.165) is 24.3 Å². The number of hydrogen-bond donors (Lipinski definition) is 3. The van der Waals surface area contributed by atoms with Crippen molar-refractivity contribution in [1.29, 1.82) is 0 Å². The fourth-order valence-corrected chi connectivity index (χ4v) is 2.51. The van der Waals surface area contributed by atoms with Gasteiger partial charge in [-0.1, -0.05) is 11.6 Å². The Balaban J connectivity index is 1.98. The molecule has 1 aliphatic heterocycles. The minimum Gasteiger partial charge on any atom is -0.394 e. The monoisotopic (exact) mass is 305 g/mol. The highest BCUT2D eigenvalue weighted by Gasteiger charge is 2.17. The van der Waals surface area contributed by atoms with Gasteiger partial charge in [0.05, 0.1) is 31.1 Å². The smallest absolute Gasteiger partial charge is 0.161 e. The highest BCUT2D eigenvalue weighted by atomic mass is 35.5. The third-order valence-electron chi connectivity index (χ3n) is 3.35.